The Kier molecular flexibility index (Phi) is 4.99. The Hall–Kier alpha value is -2.22. The first-order valence-electron chi connectivity index (χ1n) is 9.17. The topological polar surface area (TPSA) is 58.4 Å². The number of aromatic nitrogens is 2. The van der Waals surface area contributed by atoms with Gasteiger partial charge in [0.15, 0.2) is 0 Å². The number of hydrogen-bond acceptors (Lipinski definition) is 4. The molecule has 142 valence electrons. The SMILES string of the molecule is Cn1c(CN2CCN(S(=O)(=O)Cc3ccccc3)CC2)nc2ccccc21. The summed E-state index contributed by atoms with van der Waals surface area (Å²) in [6, 6.07) is 17.5. The van der Waals surface area contributed by atoms with Crippen molar-refractivity contribution in [2.45, 2.75) is 12.3 Å². The molecule has 4 rings (SSSR count). The molecule has 6 nitrogen and oxygen atoms in total. The van der Waals surface area contributed by atoms with Crippen LogP contribution in [0.4, 0.5) is 0 Å². The quantitative estimate of drug-likeness (QED) is 0.677. The third-order valence-corrected chi connectivity index (χ3v) is 7.01. The molecule has 0 spiro atoms. The molecule has 3 aromatic rings. The van der Waals surface area contributed by atoms with E-state index in [1.54, 1.807) is 4.31 Å². The second-order valence-corrected chi connectivity index (χ2v) is 8.96. The molecule has 27 heavy (non-hydrogen) atoms. The van der Waals surface area contributed by atoms with Crippen LogP contribution in [0.2, 0.25) is 0 Å². The summed E-state index contributed by atoms with van der Waals surface area (Å²) in [5.41, 5.74) is 2.95. The molecule has 0 N–H and O–H groups in total. The summed E-state index contributed by atoms with van der Waals surface area (Å²) in [6.07, 6.45) is 0. The number of nitrogens with zero attached hydrogens (tertiary/aromatic N) is 4. The molecular weight excluding hydrogens is 360 g/mol. The molecule has 7 heteroatoms. The second-order valence-electron chi connectivity index (χ2n) is 6.99. The number of piperazine rings is 1. The fraction of sp³-hybridized carbons (Fsp3) is 0.350. The van der Waals surface area contributed by atoms with Crippen LogP contribution in [0.3, 0.4) is 0 Å². The summed E-state index contributed by atoms with van der Waals surface area (Å²) < 4.78 is 29.1. The Morgan fingerprint density at radius 3 is 2.30 bits per heavy atom. The van der Waals surface area contributed by atoms with Gasteiger partial charge in [-0.2, -0.15) is 4.31 Å². The standard InChI is InChI=1S/C20H24N4O2S/c1-22-19-10-6-5-9-18(19)21-20(22)15-23-11-13-24(14-12-23)27(25,26)16-17-7-3-2-4-8-17/h2-10H,11-16H2,1H3. The van der Waals surface area contributed by atoms with Crippen LogP contribution in [0, 0.1) is 0 Å². The highest BCUT2D eigenvalue weighted by Gasteiger charge is 2.27. The molecule has 0 bridgehead atoms. The monoisotopic (exact) mass is 384 g/mol. The Morgan fingerprint density at radius 1 is 0.926 bits per heavy atom. The Balaban J connectivity index is 1.39. The van der Waals surface area contributed by atoms with E-state index in [0.29, 0.717) is 13.1 Å². The lowest BCUT2D eigenvalue weighted by Crippen LogP contribution is -2.48. The van der Waals surface area contributed by atoms with E-state index in [-0.39, 0.29) is 5.75 Å². The Labute approximate surface area is 160 Å². The Bertz CT molecular complexity index is 1020. The van der Waals surface area contributed by atoms with Gasteiger partial charge in [0.25, 0.3) is 0 Å². The number of aryl methyl sites for hydroxylation is 1. The molecule has 2 aromatic carbocycles. The summed E-state index contributed by atoms with van der Waals surface area (Å²) in [6.45, 7) is 3.23. The molecule has 0 saturated carbocycles. The maximum Gasteiger partial charge on any atom is 0.218 e. The summed E-state index contributed by atoms with van der Waals surface area (Å²) in [4.78, 5) is 6.99. The zero-order valence-electron chi connectivity index (χ0n) is 15.5. The second kappa shape index (κ2) is 7.42. The van der Waals surface area contributed by atoms with Gasteiger partial charge < -0.3 is 4.57 Å². The minimum atomic E-state index is -3.28. The van der Waals surface area contributed by atoms with Gasteiger partial charge >= 0.3 is 0 Å². The van der Waals surface area contributed by atoms with Crippen LogP contribution in [0.5, 0.6) is 0 Å². The van der Waals surface area contributed by atoms with Crippen LogP contribution in [-0.4, -0.2) is 53.4 Å². The minimum Gasteiger partial charge on any atom is -0.330 e. The van der Waals surface area contributed by atoms with Gasteiger partial charge in [-0.3, -0.25) is 4.90 Å². The van der Waals surface area contributed by atoms with Gasteiger partial charge in [-0.15, -0.1) is 0 Å². The van der Waals surface area contributed by atoms with Crippen molar-refractivity contribution in [2.75, 3.05) is 26.2 Å². The average molecular weight is 385 g/mol. The van der Waals surface area contributed by atoms with Crippen LogP contribution in [0.15, 0.2) is 54.6 Å². The highest BCUT2D eigenvalue weighted by molar-refractivity contribution is 7.88. The third-order valence-electron chi connectivity index (χ3n) is 5.16. The fourth-order valence-electron chi connectivity index (χ4n) is 3.58. The summed E-state index contributed by atoms with van der Waals surface area (Å²) in [7, 11) is -1.24. The molecule has 2 heterocycles. The first-order chi connectivity index (χ1) is 13.0. The van der Waals surface area contributed by atoms with E-state index in [9.17, 15) is 8.42 Å². The Morgan fingerprint density at radius 2 is 1.59 bits per heavy atom. The van der Waals surface area contributed by atoms with Crippen molar-refractivity contribution >= 4 is 21.1 Å². The predicted octanol–water partition coefficient (Wildman–Crippen LogP) is 2.22. The van der Waals surface area contributed by atoms with Gasteiger partial charge in [0.2, 0.25) is 10.0 Å². The van der Waals surface area contributed by atoms with Crippen molar-refractivity contribution < 1.29 is 8.42 Å². The van der Waals surface area contributed by atoms with Gasteiger partial charge in [0, 0.05) is 33.2 Å². The van der Waals surface area contributed by atoms with Crippen molar-refractivity contribution in [1.29, 1.82) is 0 Å². The first kappa shape index (κ1) is 18.2. The number of hydrogen-bond donors (Lipinski definition) is 0. The van der Waals surface area contributed by atoms with Gasteiger partial charge in [-0.05, 0) is 17.7 Å². The van der Waals surface area contributed by atoms with Gasteiger partial charge in [0.1, 0.15) is 5.82 Å². The molecule has 0 radical (unpaired) electrons. The molecule has 0 amide bonds. The number of fused-ring (bicyclic) bond motifs is 1. The van der Waals surface area contributed by atoms with Crippen molar-refractivity contribution in [2.24, 2.45) is 7.05 Å². The highest BCUT2D eigenvalue weighted by atomic mass is 32.2. The number of para-hydroxylation sites is 2. The largest absolute Gasteiger partial charge is 0.330 e. The molecule has 1 aromatic heterocycles. The van der Waals surface area contributed by atoms with E-state index in [2.05, 4.69) is 15.5 Å². The molecule has 1 aliphatic rings. The van der Waals surface area contributed by atoms with Gasteiger partial charge in [-0.25, -0.2) is 13.4 Å². The van der Waals surface area contributed by atoms with E-state index in [0.717, 1.165) is 42.1 Å². The summed E-state index contributed by atoms with van der Waals surface area (Å²) >= 11 is 0. The highest BCUT2D eigenvalue weighted by Crippen LogP contribution is 2.18. The van der Waals surface area contributed by atoms with Crippen molar-refractivity contribution in [3.63, 3.8) is 0 Å². The lowest BCUT2D eigenvalue weighted by Gasteiger charge is -2.33. The molecular formula is C20H24N4O2S. The number of benzene rings is 2. The van der Waals surface area contributed by atoms with Crippen LogP contribution in [0.1, 0.15) is 11.4 Å². The molecule has 0 atom stereocenters. The molecule has 0 aliphatic carbocycles. The normalized spacial score (nSPS) is 16.8. The first-order valence-corrected chi connectivity index (χ1v) is 10.8. The third kappa shape index (κ3) is 3.90. The van der Waals surface area contributed by atoms with E-state index in [4.69, 9.17) is 4.98 Å². The van der Waals surface area contributed by atoms with E-state index in [1.807, 2.05) is 55.6 Å². The average Bonchev–Trinajstić information content (AvgIpc) is 2.99. The van der Waals surface area contributed by atoms with Crippen LogP contribution in [-0.2, 0) is 29.4 Å². The van der Waals surface area contributed by atoms with E-state index in [1.165, 1.54) is 0 Å². The maximum absolute atomic E-state index is 12.7. The van der Waals surface area contributed by atoms with Crippen molar-refractivity contribution in [3.8, 4) is 0 Å². The van der Waals surface area contributed by atoms with Crippen LogP contribution >= 0.6 is 0 Å². The maximum atomic E-state index is 12.7. The fourth-order valence-corrected chi connectivity index (χ4v) is 5.09. The van der Waals surface area contributed by atoms with E-state index < -0.39 is 10.0 Å². The molecule has 1 fully saturated rings. The number of sulfonamides is 1. The zero-order chi connectivity index (χ0) is 18.9. The lowest BCUT2D eigenvalue weighted by molar-refractivity contribution is 0.177. The zero-order valence-corrected chi connectivity index (χ0v) is 16.3. The van der Waals surface area contributed by atoms with Crippen molar-refractivity contribution in [1.82, 2.24) is 18.8 Å². The predicted molar refractivity (Wildman–Crippen MR) is 107 cm³/mol. The summed E-state index contributed by atoms with van der Waals surface area (Å²) in [5.74, 6) is 1.08. The molecule has 1 saturated heterocycles. The van der Waals surface area contributed by atoms with Crippen molar-refractivity contribution in [3.05, 3.63) is 66.0 Å². The smallest absolute Gasteiger partial charge is 0.218 e. The molecule has 0 unspecified atom stereocenters. The van der Waals surface area contributed by atoms with E-state index >= 15 is 0 Å². The van der Waals surface area contributed by atoms with Crippen LogP contribution < -0.4 is 0 Å². The summed E-state index contributed by atoms with van der Waals surface area (Å²) in [5, 5.41) is 0. The van der Waals surface area contributed by atoms with Gasteiger partial charge in [0.05, 0.1) is 23.3 Å². The van der Waals surface area contributed by atoms with Gasteiger partial charge in [-0.1, -0.05) is 42.5 Å². The molecule has 1 aliphatic heterocycles. The van der Waals surface area contributed by atoms with Crippen LogP contribution in [0.25, 0.3) is 11.0 Å². The number of imidazole rings is 1. The number of rotatable bonds is 5. The minimum absolute atomic E-state index is 0.0681. The lowest BCUT2D eigenvalue weighted by atomic mass is 10.2.